The number of nitrogens with one attached hydrogen (secondary N) is 1. The second-order valence-corrected chi connectivity index (χ2v) is 6.34. The number of halogens is 5. The Morgan fingerprint density at radius 2 is 2.04 bits per heavy atom. The van der Waals surface area contributed by atoms with Crippen molar-refractivity contribution in [3.63, 3.8) is 0 Å². The smallest absolute Gasteiger partial charge is 0.354 e. The first kappa shape index (κ1) is 18.4. The number of hydrogen-bond donors (Lipinski definition) is 1. The van der Waals surface area contributed by atoms with Crippen LogP contribution in [0, 0.1) is 5.82 Å². The molecular weight excluding hydrogens is 374 g/mol. The van der Waals surface area contributed by atoms with Crippen LogP contribution in [0.15, 0.2) is 36.5 Å². The molecule has 9 heteroatoms. The maximum atomic E-state index is 13.1. The Hall–Kier alpha value is -2.35. The highest BCUT2D eigenvalue weighted by atomic mass is 35.5. The van der Waals surface area contributed by atoms with E-state index < -0.39 is 23.5 Å². The van der Waals surface area contributed by atoms with Gasteiger partial charge in [-0.3, -0.25) is 4.79 Å². The highest BCUT2D eigenvalue weighted by Gasteiger charge is 2.31. The predicted molar refractivity (Wildman–Crippen MR) is 88.7 cm³/mol. The quantitative estimate of drug-likeness (QED) is 0.812. The maximum Gasteiger partial charge on any atom is 0.417 e. The van der Waals surface area contributed by atoms with E-state index in [4.69, 9.17) is 11.6 Å². The molecule has 1 aliphatic heterocycles. The molecule has 3 rings (SSSR count). The van der Waals surface area contributed by atoms with E-state index in [1.807, 2.05) is 0 Å². The number of anilines is 1. The minimum atomic E-state index is -4.43. The van der Waals surface area contributed by atoms with Crippen molar-refractivity contribution in [2.45, 2.75) is 18.6 Å². The number of nitrogens with zero attached hydrogens (tertiary/aromatic N) is 2. The van der Waals surface area contributed by atoms with Gasteiger partial charge in [0.05, 0.1) is 16.1 Å². The molecule has 138 valence electrons. The van der Waals surface area contributed by atoms with Gasteiger partial charge < -0.3 is 10.2 Å². The van der Waals surface area contributed by atoms with E-state index in [0.29, 0.717) is 25.3 Å². The molecule has 1 aromatic heterocycles. The van der Waals surface area contributed by atoms with Crippen LogP contribution in [-0.2, 0) is 6.18 Å². The van der Waals surface area contributed by atoms with Crippen LogP contribution in [0.5, 0.6) is 0 Å². The van der Waals surface area contributed by atoms with Crippen LogP contribution < -0.4 is 10.2 Å². The normalized spacial score (nSPS) is 17.4. The van der Waals surface area contributed by atoms with Gasteiger partial charge in [0.15, 0.2) is 0 Å². The molecule has 4 nitrogen and oxygen atoms in total. The minimum Gasteiger partial charge on any atom is -0.354 e. The molecule has 1 aromatic carbocycles. The Morgan fingerprint density at radius 3 is 2.65 bits per heavy atom. The van der Waals surface area contributed by atoms with Gasteiger partial charge >= 0.3 is 6.18 Å². The lowest BCUT2D eigenvalue weighted by Crippen LogP contribution is -2.37. The molecule has 1 N–H and O–H groups in total. The van der Waals surface area contributed by atoms with Crippen LogP contribution >= 0.6 is 11.6 Å². The molecule has 1 unspecified atom stereocenters. The number of hydrogen-bond acceptors (Lipinski definition) is 3. The molecule has 1 fully saturated rings. The summed E-state index contributed by atoms with van der Waals surface area (Å²) in [5, 5.41) is 2.81. The van der Waals surface area contributed by atoms with Crippen LogP contribution in [0.1, 0.15) is 22.3 Å². The van der Waals surface area contributed by atoms with Gasteiger partial charge in [-0.15, -0.1) is 0 Å². The van der Waals surface area contributed by atoms with Gasteiger partial charge in [0.2, 0.25) is 0 Å². The molecule has 1 saturated heterocycles. The number of benzene rings is 1. The molecule has 2 heterocycles. The second kappa shape index (κ2) is 7.11. The van der Waals surface area contributed by atoms with Crippen LogP contribution in [0.4, 0.5) is 23.4 Å². The molecular formula is C17H14ClF4N3O. The predicted octanol–water partition coefficient (Wildman–Crippen LogP) is 3.90. The van der Waals surface area contributed by atoms with E-state index in [2.05, 4.69) is 10.3 Å². The number of rotatable bonds is 3. The summed E-state index contributed by atoms with van der Waals surface area (Å²) in [5.74, 6) is -0.552. The van der Waals surface area contributed by atoms with Gasteiger partial charge in [-0.25, -0.2) is 9.37 Å². The summed E-state index contributed by atoms with van der Waals surface area (Å²) in [6, 6.07) is 5.58. The highest BCUT2D eigenvalue weighted by molar-refractivity contribution is 6.33. The Morgan fingerprint density at radius 1 is 1.27 bits per heavy atom. The molecule has 1 atom stereocenters. The van der Waals surface area contributed by atoms with Crippen LogP contribution in [-0.4, -0.2) is 30.0 Å². The largest absolute Gasteiger partial charge is 0.417 e. The fourth-order valence-electron chi connectivity index (χ4n) is 2.76. The molecule has 0 saturated carbocycles. The number of carbonyl (C=O) groups is 1. The fourth-order valence-corrected chi connectivity index (χ4v) is 3.02. The Kier molecular flexibility index (Phi) is 5.04. The first-order valence-corrected chi connectivity index (χ1v) is 8.16. The minimum absolute atomic E-state index is 0.0155. The summed E-state index contributed by atoms with van der Waals surface area (Å²) < 4.78 is 50.8. The molecule has 2 aromatic rings. The lowest BCUT2D eigenvalue weighted by Gasteiger charge is -2.18. The van der Waals surface area contributed by atoms with Crippen molar-refractivity contribution >= 4 is 23.3 Å². The second-order valence-electron chi connectivity index (χ2n) is 5.93. The average Bonchev–Trinajstić information content (AvgIpc) is 3.02. The van der Waals surface area contributed by atoms with Crippen LogP contribution in [0.2, 0.25) is 5.02 Å². The van der Waals surface area contributed by atoms with Gasteiger partial charge in [-0.2, -0.15) is 13.2 Å². The molecule has 0 spiro atoms. The monoisotopic (exact) mass is 387 g/mol. The average molecular weight is 388 g/mol. The van der Waals surface area contributed by atoms with Crippen molar-refractivity contribution < 1.29 is 22.4 Å². The summed E-state index contributed by atoms with van der Waals surface area (Å²) in [6.07, 6.45) is -3.03. The molecule has 0 aliphatic carbocycles. The highest BCUT2D eigenvalue weighted by Crippen LogP contribution is 2.30. The summed E-state index contributed by atoms with van der Waals surface area (Å²) in [4.78, 5) is 17.9. The number of pyridine rings is 1. The van der Waals surface area contributed by atoms with Crippen molar-refractivity contribution in [2.75, 3.05) is 18.0 Å². The Balaban J connectivity index is 1.62. The SMILES string of the molecule is O=C(NC1CCN(c2ccc(C(F)(F)F)cn2)C1)c1ccc(F)cc1Cl. The van der Waals surface area contributed by atoms with E-state index in [0.717, 1.165) is 24.4 Å². The van der Waals surface area contributed by atoms with Crippen LogP contribution in [0.25, 0.3) is 0 Å². The van der Waals surface area contributed by atoms with E-state index in [9.17, 15) is 22.4 Å². The molecule has 1 amide bonds. The van der Waals surface area contributed by atoms with Crippen molar-refractivity contribution in [3.05, 3.63) is 58.5 Å². The molecule has 0 bridgehead atoms. The van der Waals surface area contributed by atoms with E-state index >= 15 is 0 Å². The Bertz CT molecular complexity index is 811. The zero-order chi connectivity index (χ0) is 18.9. The first-order chi connectivity index (χ1) is 12.2. The van der Waals surface area contributed by atoms with Gasteiger partial charge in [-0.05, 0) is 36.8 Å². The van der Waals surface area contributed by atoms with E-state index in [1.54, 1.807) is 4.90 Å². The van der Waals surface area contributed by atoms with Gasteiger partial charge in [0, 0.05) is 25.3 Å². The number of carbonyl (C=O) groups excluding carboxylic acids is 1. The third-order valence-electron chi connectivity index (χ3n) is 4.10. The van der Waals surface area contributed by atoms with Crippen molar-refractivity contribution in [2.24, 2.45) is 0 Å². The fraction of sp³-hybridized carbons (Fsp3) is 0.294. The maximum absolute atomic E-state index is 13.1. The van der Waals surface area contributed by atoms with Gasteiger partial charge in [-0.1, -0.05) is 11.6 Å². The zero-order valence-electron chi connectivity index (χ0n) is 13.4. The number of aromatic nitrogens is 1. The summed E-state index contributed by atoms with van der Waals surface area (Å²) >= 11 is 5.87. The zero-order valence-corrected chi connectivity index (χ0v) is 14.1. The lowest BCUT2D eigenvalue weighted by molar-refractivity contribution is -0.137. The molecule has 0 radical (unpaired) electrons. The Labute approximate surface area is 151 Å². The van der Waals surface area contributed by atoms with Crippen molar-refractivity contribution in [3.8, 4) is 0 Å². The van der Waals surface area contributed by atoms with Crippen molar-refractivity contribution in [1.82, 2.24) is 10.3 Å². The van der Waals surface area contributed by atoms with E-state index in [1.165, 1.54) is 12.1 Å². The van der Waals surface area contributed by atoms with Gasteiger partial charge in [0.25, 0.3) is 5.91 Å². The molecule has 26 heavy (non-hydrogen) atoms. The van der Waals surface area contributed by atoms with Gasteiger partial charge in [0.1, 0.15) is 11.6 Å². The first-order valence-electron chi connectivity index (χ1n) is 7.78. The number of alkyl halides is 3. The van der Waals surface area contributed by atoms with Crippen LogP contribution in [0.3, 0.4) is 0 Å². The summed E-state index contributed by atoms with van der Waals surface area (Å²) in [6.45, 7) is 0.948. The number of amides is 1. The standard InChI is InChI=1S/C17H14ClF4N3O/c18-14-7-11(19)2-3-13(14)16(26)24-12-5-6-25(9-12)15-4-1-10(8-23-15)17(20,21)22/h1-4,7-8,12H,5-6,9H2,(H,24,26). The molecule has 1 aliphatic rings. The third kappa shape index (κ3) is 4.07. The van der Waals surface area contributed by atoms with Crippen molar-refractivity contribution in [1.29, 1.82) is 0 Å². The topological polar surface area (TPSA) is 45.2 Å². The third-order valence-corrected chi connectivity index (χ3v) is 4.41. The van der Waals surface area contributed by atoms with E-state index in [-0.39, 0.29) is 16.6 Å². The summed E-state index contributed by atoms with van der Waals surface area (Å²) in [5.41, 5.74) is -0.643. The summed E-state index contributed by atoms with van der Waals surface area (Å²) in [7, 11) is 0. The lowest BCUT2D eigenvalue weighted by atomic mass is 10.2.